The van der Waals surface area contributed by atoms with Gasteiger partial charge in [0.1, 0.15) is 18.0 Å². The molecule has 5 nitrogen and oxygen atoms in total. The Kier molecular flexibility index (Phi) is 5.18. The Balaban J connectivity index is 1.55. The summed E-state index contributed by atoms with van der Waals surface area (Å²) < 4.78 is 25.7. The highest BCUT2D eigenvalue weighted by Gasteiger charge is 2.12. The van der Waals surface area contributed by atoms with Gasteiger partial charge < -0.3 is 14.3 Å². The zero-order valence-corrected chi connectivity index (χ0v) is 15.8. The van der Waals surface area contributed by atoms with Gasteiger partial charge in [-0.3, -0.25) is 4.79 Å². The molecule has 0 unspecified atom stereocenters. The third kappa shape index (κ3) is 4.07. The van der Waals surface area contributed by atoms with Gasteiger partial charge in [-0.15, -0.1) is 0 Å². The molecule has 7 heteroatoms. The van der Waals surface area contributed by atoms with Crippen LogP contribution in [0, 0.1) is 5.82 Å². The second-order valence-corrected chi connectivity index (χ2v) is 6.81. The van der Waals surface area contributed by atoms with Crippen LogP contribution in [0.15, 0.2) is 65.3 Å². The Morgan fingerprint density at radius 3 is 2.83 bits per heavy atom. The Bertz CT molecular complexity index is 1200. The molecular weight excluding hydrogens is 397 g/mol. The van der Waals surface area contributed by atoms with E-state index in [1.165, 1.54) is 12.1 Å². The van der Waals surface area contributed by atoms with Gasteiger partial charge in [0.05, 0.1) is 23.4 Å². The number of hydrogen-bond donors (Lipinski definition) is 1. The average Bonchev–Trinajstić information content (AvgIpc) is 3.18. The van der Waals surface area contributed by atoms with Crippen molar-refractivity contribution in [3.05, 3.63) is 82.8 Å². The summed E-state index contributed by atoms with van der Waals surface area (Å²) in [5, 5.41) is 10.2. The summed E-state index contributed by atoms with van der Waals surface area (Å²) in [6.07, 6.45) is 1.33. The third-order valence-corrected chi connectivity index (χ3v) is 4.74. The van der Waals surface area contributed by atoms with Gasteiger partial charge in [-0.2, -0.15) is 0 Å². The minimum absolute atomic E-state index is 0.206. The van der Waals surface area contributed by atoms with Crippen LogP contribution in [0.1, 0.15) is 11.1 Å². The molecule has 0 saturated heterocycles. The highest BCUT2D eigenvalue weighted by atomic mass is 35.5. The van der Waals surface area contributed by atoms with Crippen molar-refractivity contribution in [3.8, 4) is 17.1 Å². The number of halogens is 2. The van der Waals surface area contributed by atoms with E-state index in [9.17, 15) is 9.18 Å². The molecule has 0 amide bonds. The van der Waals surface area contributed by atoms with Gasteiger partial charge >= 0.3 is 5.97 Å². The van der Waals surface area contributed by atoms with E-state index in [0.717, 1.165) is 10.9 Å². The number of furan rings is 1. The molecular formula is C22H15ClFNO4. The van der Waals surface area contributed by atoms with Crippen molar-refractivity contribution in [2.45, 2.75) is 13.0 Å². The Labute approximate surface area is 170 Å². The van der Waals surface area contributed by atoms with Crippen molar-refractivity contribution >= 4 is 28.5 Å². The molecule has 0 fully saturated rings. The van der Waals surface area contributed by atoms with Gasteiger partial charge in [0.15, 0.2) is 0 Å². The van der Waals surface area contributed by atoms with Crippen molar-refractivity contribution in [2.75, 3.05) is 0 Å². The number of carbonyl (C=O) groups is 1. The van der Waals surface area contributed by atoms with Crippen molar-refractivity contribution in [1.29, 1.82) is 0 Å². The fraction of sp³-hybridized carbons (Fsp3) is 0.0909. The predicted molar refractivity (Wildman–Crippen MR) is 107 cm³/mol. The molecule has 0 aliphatic heterocycles. The molecule has 4 aromatic rings. The first-order valence-electron chi connectivity index (χ1n) is 8.76. The Morgan fingerprint density at radius 1 is 1.17 bits per heavy atom. The largest absolute Gasteiger partial charge is 0.481 e. The lowest BCUT2D eigenvalue weighted by atomic mass is 10.1. The number of nitrogens with zero attached hydrogens (tertiary/aromatic N) is 1. The summed E-state index contributed by atoms with van der Waals surface area (Å²) in [6, 6.07) is 14.7. The van der Waals surface area contributed by atoms with E-state index < -0.39 is 11.8 Å². The number of ether oxygens (including phenoxy) is 1. The van der Waals surface area contributed by atoms with E-state index in [1.54, 1.807) is 42.7 Å². The molecule has 29 heavy (non-hydrogen) atoms. The maximum Gasteiger partial charge on any atom is 0.307 e. The molecule has 4 rings (SSSR count). The summed E-state index contributed by atoms with van der Waals surface area (Å²) in [6.45, 7) is 0.206. The summed E-state index contributed by atoms with van der Waals surface area (Å²) >= 11 is 6.15. The first kappa shape index (κ1) is 19.0. The zero-order valence-electron chi connectivity index (χ0n) is 15.1. The molecule has 2 aromatic carbocycles. The molecule has 146 valence electrons. The van der Waals surface area contributed by atoms with Crippen LogP contribution < -0.4 is 4.74 Å². The lowest BCUT2D eigenvalue weighted by Crippen LogP contribution is -2.01. The second kappa shape index (κ2) is 7.93. The minimum atomic E-state index is -1.02. The van der Waals surface area contributed by atoms with Crippen LogP contribution in [-0.2, 0) is 17.8 Å². The summed E-state index contributed by atoms with van der Waals surface area (Å²) in [5.41, 5.74) is 2.50. The van der Waals surface area contributed by atoms with E-state index in [4.69, 9.17) is 25.9 Å². The van der Waals surface area contributed by atoms with Crippen LogP contribution >= 0.6 is 11.6 Å². The summed E-state index contributed by atoms with van der Waals surface area (Å²) in [5.74, 6) is -1.23. The fourth-order valence-electron chi connectivity index (χ4n) is 3.05. The van der Waals surface area contributed by atoms with Gasteiger partial charge in [0, 0.05) is 22.6 Å². The van der Waals surface area contributed by atoms with E-state index in [-0.39, 0.29) is 18.6 Å². The van der Waals surface area contributed by atoms with E-state index in [0.29, 0.717) is 27.7 Å². The molecule has 2 heterocycles. The number of pyridine rings is 1. The lowest BCUT2D eigenvalue weighted by Gasteiger charge is -2.09. The first-order chi connectivity index (χ1) is 14.0. The number of aliphatic carboxylic acids is 1. The predicted octanol–water partition coefficient (Wildman–Crippen LogP) is 5.49. The van der Waals surface area contributed by atoms with Crippen molar-refractivity contribution in [1.82, 2.24) is 4.98 Å². The van der Waals surface area contributed by atoms with Crippen molar-refractivity contribution < 1.29 is 23.4 Å². The standard InChI is InChI=1S/C22H15ClFNO4/c23-17-7-5-14(22-15(17)8-9-28-22)12-29-20-3-1-2-19(25-20)16-6-4-13(10-18(16)24)11-21(26)27/h1-10H,11-12H2,(H,26,27). The van der Waals surface area contributed by atoms with Crippen LogP contribution in [0.25, 0.3) is 22.2 Å². The lowest BCUT2D eigenvalue weighted by molar-refractivity contribution is -0.136. The van der Waals surface area contributed by atoms with Crippen LogP contribution in [0.3, 0.4) is 0 Å². The van der Waals surface area contributed by atoms with Crippen LogP contribution in [0.5, 0.6) is 5.88 Å². The fourth-order valence-corrected chi connectivity index (χ4v) is 3.26. The van der Waals surface area contributed by atoms with Crippen molar-refractivity contribution in [3.63, 3.8) is 0 Å². The maximum absolute atomic E-state index is 14.4. The smallest absolute Gasteiger partial charge is 0.307 e. The van der Waals surface area contributed by atoms with Gasteiger partial charge in [0.25, 0.3) is 0 Å². The number of carboxylic acids is 1. The van der Waals surface area contributed by atoms with Gasteiger partial charge in [0.2, 0.25) is 5.88 Å². The summed E-state index contributed by atoms with van der Waals surface area (Å²) in [4.78, 5) is 15.1. The van der Waals surface area contributed by atoms with Gasteiger partial charge in [-0.25, -0.2) is 9.37 Å². The van der Waals surface area contributed by atoms with Crippen LogP contribution in [0.4, 0.5) is 4.39 Å². The molecule has 0 aliphatic carbocycles. The first-order valence-corrected chi connectivity index (χ1v) is 9.14. The molecule has 1 N–H and O–H groups in total. The zero-order chi connectivity index (χ0) is 20.4. The Morgan fingerprint density at radius 2 is 2.03 bits per heavy atom. The maximum atomic E-state index is 14.4. The number of benzene rings is 2. The monoisotopic (exact) mass is 411 g/mol. The minimum Gasteiger partial charge on any atom is -0.481 e. The third-order valence-electron chi connectivity index (χ3n) is 4.41. The molecule has 0 saturated carbocycles. The van der Waals surface area contributed by atoms with E-state index >= 15 is 0 Å². The van der Waals surface area contributed by atoms with E-state index in [2.05, 4.69) is 4.98 Å². The van der Waals surface area contributed by atoms with Gasteiger partial charge in [-0.1, -0.05) is 29.8 Å². The molecule has 0 atom stereocenters. The molecule has 0 spiro atoms. The SMILES string of the molecule is O=C(O)Cc1ccc(-c2cccc(OCc3ccc(Cl)c4ccoc34)n2)c(F)c1. The number of fused-ring (bicyclic) bond motifs is 1. The molecule has 0 bridgehead atoms. The highest BCUT2D eigenvalue weighted by Crippen LogP contribution is 2.29. The molecule has 0 radical (unpaired) electrons. The van der Waals surface area contributed by atoms with Gasteiger partial charge in [-0.05, 0) is 35.9 Å². The highest BCUT2D eigenvalue weighted by molar-refractivity contribution is 6.35. The summed E-state index contributed by atoms with van der Waals surface area (Å²) in [7, 11) is 0. The second-order valence-electron chi connectivity index (χ2n) is 6.40. The number of carboxylic acid groups (broad SMARTS) is 1. The average molecular weight is 412 g/mol. The number of aromatic nitrogens is 1. The molecule has 0 aliphatic rings. The topological polar surface area (TPSA) is 72.6 Å². The number of rotatable bonds is 6. The van der Waals surface area contributed by atoms with Crippen molar-refractivity contribution in [2.24, 2.45) is 0 Å². The Hall–Kier alpha value is -3.38. The number of hydrogen-bond acceptors (Lipinski definition) is 4. The van der Waals surface area contributed by atoms with Crippen LogP contribution in [-0.4, -0.2) is 16.1 Å². The normalized spacial score (nSPS) is 11.0. The van der Waals surface area contributed by atoms with E-state index in [1.807, 2.05) is 6.07 Å². The quantitative estimate of drug-likeness (QED) is 0.454. The van der Waals surface area contributed by atoms with Crippen LogP contribution in [0.2, 0.25) is 5.02 Å². The molecule has 2 aromatic heterocycles.